The zero-order valence-electron chi connectivity index (χ0n) is 9.13. The summed E-state index contributed by atoms with van der Waals surface area (Å²) in [5, 5.41) is 0. The monoisotopic (exact) mass is 229 g/mol. The highest BCUT2D eigenvalue weighted by molar-refractivity contribution is 6.21. The van der Waals surface area contributed by atoms with Gasteiger partial charge in [-0.25, -0.2) is 0 Å². The predicted molar refractivity (Wildman–Crippen MR) is 60.7 cm³/mol. The standard InChI is InChI=1S/C13H11NO3/c1-2-10(11-7-17-11)14-12(15)8-5-3-4-6-9(8)13(14)16/h2-6,10-11H,1,7H2/t10-,11-/m1/s1. The van der Waals surface area contributed by atoms with Crippen molar-refractivity contribution in [2.24, 2.45) is 0 Å². The van der Waals surface area contributed by atoms with E-state index in [1.807, 2.05) is 0 Å². The number of imide groups is 1. The number of epoxide rings is 1. The van der Waals surface area contributed by atoms with Crippen molar-refractivity contribution >= 4 is 11.8 Å². The number of hydrogen-bond acceptors (Lipinski definition) is 3. The molecule has 17 heavy (non-hydrogen) atoms. The molecule has 4 heteroatoms. The minimum atomic E-state index is -0.359. The lowest BCUT2D eigenvalue weighted by molar-refractivity contribution is 0.0594. The van der Waals surface area contributed by atoms with Crippen LogP contribution in [-0.4, -0.2) is 35.5 Å². The molecule has 2 atom stereocenters. The van der Waals surface area contributed by atoms with Crippen molar-refractivity contribution in [1.29, 1.82) is 0 Å². The van der Waals surface area contributed by atoms with Crippen LogP contribution in [0.2, 0.25) is 0 Å². The Morgan fingerprint density at radius 1 is 1.29 bits per heavy atom. The molecule has 4 nitrogen and oxygen atoms in total. The summed E-state index contributed by atoms with van der Waals surface area (Å²) in [5.74, 6) is -0.517. The van der Waals surface area contributed by atoms with E-state index in [-0.39, 0.29) is 24.0 Å². The van der Waals surface area contributed by atoms with Crippen LogP contribution in [0.15, 0.2) is 36.9 Å². The normalized spacial score (nSPS) is 23.5. The Balaban J connectivity index is 2.02. The molecule has 0 bridgehead atoms. The molecule has 2 aliphatic rings. The van der Waals surface area contributed by atoms with Crippen LogP contribution in [-0.2, 0) is 4.74 Å². The van der Waals surface area contributed by atoms with Gasteiger partial charge in [0.25, 0.3) is 11.8 Å². The highest BCUT2D eigenvalue weighted by Crippen LogP contribution is 2.29. The number of amides is 2. The Hall–Kier alpha value is -1.94. The van der Waals surface area contributed by atoms with Crippen molar-refractivity contribution in [2.45, 2.75) is 12.1 Å². The lowest BCUT2D eigenvalue weighted by atomic mass is 10.1. The summed E-state index contributed by atoms with van der Waals surface area (Å²) < 4.78 is 5.15. The minimum Gasteiger partial charge on any atom is -0.371 e. The first-order chi connectivity index (χ1) is 8.24. The minimum absolute atomic E-state index is 0.0882. The molecule has 0 unspecified atom stereocenters. The summed E-state index contributed by atoms with van der Waals surface area (Å²) in [7, 11) is 0. The predicted octanol–water partition coefficient (Wildman–Crippen LogP) is 1.24. The molecule has 1 aromatic rings. The summed E-state index contributed by atoms with van der Waals surface area (Å²) in [6, 6.07) is 6.49. The van der Waals surface area contributed by atoms with Crippen molar-refractivity contribution in [2.75, 3.05) is 6.61 Å². The Bertz CT molecular complexity index is 484. The first-order valence-corrected chi connectivity index (χ1v) is 5.45. The quantitative estimate of drug-likeness (QED) is 0.445. The third-order valence-electron chi connectivity index (χ3n) is 3.11. The fourth-order valence-electron chi connectivity index (χ4n) is 2.15. The molecule has 1 fully saturated rings. The van der Waals surface area contributed by atoms with Gasteiger partial charge in [-0.3, -0.25) is 14.5 Å². The van der Waals surface area contributed by atoms with Crippen molar-refractivity contribution in [3.8, 4) is 0 Å². The lowest BCUT2D eigenvalue weighted by Crippen LogP contribution is -2.41. The first kappa shape index (κ1) is 10.2. The fraction of sp³-hybridized carbons (Fsp3) is 0.231. The molecule has 0 N–H and O–H groups in total. The molecule has 0 radical (unpaired) electrons. The van der Waals surface area contributed by atoms with Gasteiger partial charge in [-0.05, 0) is 12.1 Å². The van der Waals surface area contributed by atoms with Gasteiger partial charge in [-0.1, -0.05) is 18.2 Å². The molecular weight excluding hydrogens is 218 g/mol. The van der Waals surface area contributed by atoms with E-state index >= 15 is 0 Å². The SMILES string of the molecule is C=C[C@H]([C@H]1CO1)N1C(=O)c2ccccc2C1=O. The number of ether oxygens (including phenoxy) is 1. The van der Waals surface area contributed by atoms with Gasteiger partial charge in [0, 0.05) is 0 Å². The zero-order chi connectivity index (χ0) is 12.0. The van der Waals surface area contributed by atoms with Crippen LogP contribution in [0.5, 0.6) is 0 Å². The van der Waals surface area contributed by atoms with E-state index in [1.165, 1.54) is 4.90 Å². The van der Waals surface area contributed by atoms with Crippen molar-refractivity contribution < 1.29 is 14.3 Å². The molecule has 1 aromatic carbocycles. The van der Waals surface area contributed by atoms with Gasteiger partial charge in [0.1, 0.15) is 6.10 Å². The maximum atomic E-state index is 12.1. The van der Waals surface area contributed by atoms with E-state index in [0.29, 0.717) is 17.7 Å². The average Bonchev–Trinajstić information content (AvgIpc) is 3.15. The maximum Gasteiger partial charge on any atom is 0.262 e. The number of benzene rings is 1. The summed E-state index contributed by atoms with van der Waals surface area (Å²) in [6.45, 7) is 4.25. The van der Waals surface area contributed by atoms with Gasteiger partial charge >= 0.3 is 0 Å². The highest BCUT2D eigenvalue weighted by atomic mass is 16.6. The number of rotatable bonds is 3. The second-order valence-corrected chi connectivity index (χ2v) is 4.12. The molecule has 0 aromatic heterocycles. The Kier molecular flexibility index (Phi) is 2.12. The molecule has 2 aliphatic heterocycles. The van der Waals surface area contributed by atoms with E-state index in [9.17, 15) is 9.59 Å². The molecule has 86 valence electrons. The summed E-state index contributed by atoms with van der Waals surface area (Å²) in [5.41, 5.74) is 0.926. The van der Waals surface area contributed by atoms with Crippen LogP contribution in [0.4, 0.5) is 0 Å². The van der Waals surface area contributed by atoms with Crippen molar-refractivity contribution in [3.05, 3.63) is 48.0 Å². The Labute approximate surface area is 98.5 Å². The van der Waals surface area contributed by atoms with Gasteiger partial charge in [-0.2, -0.15) is 0 Å². The summed E-state index contributed by atoms with van der Waals surface area (Å²) in [4.78, 5) is 25.5. The van der Waals surface area contributed by atoms with Crippen LogP contribution in [0.25, 0.3) is 0 Å². The second-order valence-electron chi connectivity index (χ2n) is 4.12. The third kappa shape index (κ3) is 1.41. The maximum absolute atomic E-state index is 12.1. The van der Waals surface area contributed by atoms with E-state index in [2.05, 4.69) is 6.58 Å². The second kappa shape index (κ2) is 3.53. The summed E-state index contributed by atoms with van der Waals surface area (Å²) in [6.07, 6.45) is 1.51. The van der Waals surface area contributed by atoms with Gasteiger partial charge in [0.15, 0.2) is 0 Å². The van der Waals surface area contributed by atoms with Gasteiger partial charge in [0.05, 0.1) is 23.8 Å². The van der Waals surface area contributed by atoms with Crippen LogP contribution in [0.1, 0.15) is 20.7 Å². The Morgan fingerprint density at radius 2 is 1.82 bits per heavy atom. The summed E-state index contributed by atoms with van der Waals surface area (Å²) >= 11 is 0. The van der Waals surface area contributed by atoms with Crippen LogP contribution < -0.4 is 0 Å². The molecule has 2 amide bonds. The molecule has 0 spiro atoms. The Morgan fingerprint density at radius 3 is 2.24 bits per heavy atom. The number of carbonyl (C=O) groups excluding carboxylic acids is 2. The molecule has 0 saturated carbocycles. The van der Waals surface area contributed by atoms with E-state index in [4.69, 9.17) is 4.74 Å². The van der Waals surface area contributed by atoms with Gasteiger partial charge in [-0.15, -0.1) is 6.58 Å². The topological polar surface area (TPSA) is 49.9 Å². The molecular formula is C13H11NO3. The largest absolute Gasteiger partial charge is 0.371 e. The van der Waals surface area contributed by atoms with Gasteiger partial charge in [0.2, 0.25) is 0 Å². The van der Waals surface area contributed by atoms with Crippen LogP contribution in [0.3, 0.4) is 0 Å². The molecule has 3 rings (SSSR count). The lowest BCUT2D eigenvalue weighted by Gasteiger charge is -2.21. The smallest absolute Gasteiger partial charge is 0.262 e. The first-order valence-electron chi connectivity index (χ1n) is 5.45. The van der Waals surface area contributed by atoms with E-state index in [1.54, 1.807) is 30.3 Å². The van der Waals surface area contributed by atoms with Crippen LogP contribution in [0, 0.1) is 0 Å². The molecule has 1 saturated heterocycles. The van der Waals surface area contributed by atoms with Crippen molar-refractivity contribution in [1.82, 2.24) is 4.90 Å². The molecule has 2 heterocycles. The number of hydrogen-bond donors (Lipinski definition) is 0. The highest BCUT2D eigenvalue weighted by Gasteiger charge is 2.45. The van der Waals surface area contributed by atoms with E-state index in [0.717, 1.165) is 0 Å². The number of fused-ring (bicyclic) bond motifs is 1. The number of nitrogens with zero attached hydrogens (tertiary/aromatic N) is 1. The third-order valence-corrected chi connectivity index (χ3v) is 3.11. The van der Waals surface area contributed by atoms with Gasteiger partial charge < -0.3 is 4.74 Å². The fourth-order valence-corrected chi connectivity index (χ4v) is 2.15. The van der Waals surface area contributed by atoms with Crippen LogP contribution >= 0.6 is 0 Å². The molecule has 0 aliphatic carbocycles. The zero-order valence-corrected chi connectivity index (χ0v) is 9.13. The average molecular weight is 229 g/mol. The van der Waals surface area contributed by atoms with E-state index < -0.39 is 0 Å². The van der Waals surface area contributed by atoms with Crippen molar-refractivity contribution in [3.63, 3.8) is 0 Å². The number of carbonyl (C=O) groups is 2.